The fourth-order valence-electron chi connectivity index (χ4n) is 2.26. The van der Waals surface area contributed by atoms with Crippen LogP contribution in [0.4, 0.5) is 5.69 Å². The summed E-state index contributed by atoms with van der Waals surface area (Å²) in [6, 6.07) is 17.1. The van der Waals surface area contributed by atoms with Gasteiger partial charge in [-0.3, -0.25) is 4.79 Å². The van der Waals surface area contributed by atoms with E-state index < -0.39 is 0 Å². The quantitative estimate of drug-likeness (QED) is 0.704. The topological polar surface area (TPSA) is 69.0 Å². The molecule has 6 heteroatoms. The highest BCUT2D eigenvalue weighted by molar-refractivity contribution is 6.01. The fourth-order valence-corrected chi connectivity index (χ4v) is 2.26. The van der Waals surface area contributed by atoms with Gasteiger partial charge in [0.2, 0.25) is 5.91 Å². The Morgan fingerprint density at radius 3 is 2.64 bits per heavy atom. The number of hydrogen-bond acceptors (Lipinski definition) is 4. The lowest BCUT2D eigenvalue weighted by Gasteiger charge is -2.03. The van der Waals surface area contributed by atoms with E-state index in [0.717, 1.165) is 11.3 Å². The van der Waals surface area contributed by atoms with E-state index in [9.17, 15) is 4.79 Å². The molecule has 0 bridgehead atoms. The van der Waals surface area contributed by atoms with Crippen molar-refractivity contribution in [1.29, 1.82) is 0 Å². The molecule has 0 unspecified atom stereocenters. The van der Waals surface area contributed by atoms with Crippen LogP contribution in [0.1, 0.15) is 11.3 Å². The summed E-state index contributed by atoms with van der Waals surface area (Å²) in [4.78, 5) is 12.0. The molecular formula is C19H18N4O2. The number of aromatic nitrogens is 3. The minimum absolute atomic E-state index is 0.234. The van der Waals surface area contributed by atoms with Gasteiger partial charge in [-0.2, -0.15) is 0 Å². The molecule has 0 aliphatic heterocycles. The smallest absolute Gasteiger partial charge is 0.248 e. The molecule has 1 heterocycles. The molecule has 0 saturated heterocycles. The van der Waals surface area contributed by atoms with Gasteiger partial charge in [0.05, 0.1) is 19.9 Å². The van der Waals surface area contributed by atoms with Crippen LogP contribution in [0.15, 0.2) is 66.9 Å². The van der Waals surface area contributed by atoms with Gasteiger partial charge in [0, 0.05) is 11.8 Å². The zero-order valence-electron chi connectivity index (χ0n) is 13.8. The summed E-state index contributed by atoms with van der Waals surface area (Å²) in [5.41, 5.74) is 2.46. The number of nitrogens with one attached hydrogen (secondary N) is 1. The maximum Gasteiger partial charge on any atom is 0.248 e. The Morgan fingerprint density at radius 1 is 1.16 bits per heavy atom. The first-order valence-corrected chi connectivity index (χ1v) is 7.80. The van der Waals surface area contributed by atoms with E-state index >= 15 is 0 Å². The van der Waals surface area contributed by atoms with Crippen LogP contribution in [0.25, 0.3) is 6.08 Å². The molecule has 0 radical (unpaired) electrons. The third-order valence-electron chi connectivity index (χ3n) is 3.51. The third-order valence-corrected chi connectivity index (χ3v) is 3.51. The van der Waals surface area contributed by atoms with Gasteiger partial charge in [-0.15, -0.1) is 5.10 Å². The minimum atomic E-state index is -0.234. The van der Waals surface area contributed by atoms with Crippen molar-refractivity contribution in [3.05, 3.63) is 78.1 Å². The van der Waals surface area contributed by atoms with Gasteiger partial charge in [-0.25, -0.2) is 4.68 Å². The van der Waals surface area contributed by atoms with E-state index in [2.05, 4.69) is 15.6 Å². The lowest BCUT2D eigenvalue weighted by atomic mass is 10.2. The first kappa shape index (κ1) is 16.4. The maximum absolute atomic E-state index is 12.0. The highest BCUT2D eigenvalue weighted by atomic mass is 16.5. The van der Waals surface area contributed by atoms with Crippen molar-refractivity contribution < 1.29 is 9.53 Å². The molecule has 0 atom stereocenters. The summed E-state index contributed by atoms with van der Waals surface area (Å²) in [7, 11) is 1.60. The first-order chi connectivity index (χ1) is 12.2. The van der Waals surface area contributed by atoms with Crippen LogP contribution < -0.4 is 10.1 Å². The van der Waals surface area contributed by atoms with E-state index in [-0.39, 0.29) is 5.91 Å². The van der Waals surface area contributed by atoms with Gasteiger partial charge in [0.15, 0.2) is 0 Å². The highest BCUT2D eigenvalue weighted by Crippen LogP contribution is 2.15. The zero-order chi connectivity index (χ0) is 17.5. The van der Waals surface area contributed by atoms with Crippen molar-refractivity contribution in [2.24, 2.45) is 0 Å². The molecule has 0 fully saturated rings. The van der Waals surface area contributed by atoms with Crippen LogP contribution in [-0.4, -0.2) is 28.0 Å². The average Bonchev–Trinajstić information content (AvgIpc) is 3.09. The predicted octanol–water partition coefficient (Wildman–Crippen LogP) is 2.99. The van der Waals surface area contributed by atoms with Crippen LogP contribution in [-0.2, 0) is 11.3 Å². The van der Waals surface area contributed by atoms with E-state index in [1.165, 1.54) is 6.08 Å². The SMILES string of the molecule is COc1ccc(NC(=O)/C=C/c2cn(Cc3ccccc3)nn2)cc1. The Hall–Kier alpha value is -3.41. The largest absolute Gasteiger partial charge is 0.497 e. The predicted molar refractivity (Wildman–Crippen MR) is 96.2 cm³/mol. The van der Waals surface area contributed by atoms with Crippen molar-refractivity contribution in [2.75, 3.05) is 12.4 Å². The Morgan fingerprint density at radius 2 is 1.92 bits per heavy atom. The molecule has 0 saturated carbocycles. The summed E-state index contributed by atoms with van der Waals surface area (Å²) in [6.07, 6.45) is 4.86. The number of hydrogen-bond donors (Lipinski definition) is 1. The van der Waals surface area contributed by atoms with Crippen LogP contribution in [0.5, 0.6) is 5.75 Å². The van der Waals surface area contributed by atoms with Gasteiger partial charge in [-0.05, 0) is 35.9 Å². The molecule has 2 aromatic carbocycles. The molecule has 1 aromatic heterocycles. The van der Waals surface area contributed by atoms with E-state index in [1.54, 1.807) is 48.3 Å². The van der Waals surface area contributed by atoms with Crippen molar-refractivity contribution in [1.82, 2.24) is 15.0 Å². The second kappa shape index (κ2) is 7.92. The molecule has 6 nitrogen and oxygen atoms in total. The van der Waals surface area contributed by atoms with Crippen LogP contribution in [0, 0.1) is 0 Å². The second-order valence-electron chi connectivity index (χ2n) is 5.38. The number of benzene rings is 2. The highest BCUT2D eigenvalue weighted by Gasteiger charge is 2.01. The van der Waals surface area contributed by atoms with Crippen LogP contribution in [0.2, 0.25) is 0 Å². The zero-order valence-corrected chi connectivity index (χ0v) is 13.8. The molecule has 0 aliphatic rings. The molecule has 1 amide bonds. The molecule has 3 rings (SSSR count). The normalized spacial score (nSPS) is 10.8. The van der Waals surface area contributed by atoms with Crippen LogP contribution >= 0.6 is 0 Å². The lowest BCUT2D eigenvalue weighted by molar-refractivity contribution is -0.111. The molecular weight excluding hydrogens is 316 g/mol. The standard InChI is InChI=1S/C19H18N4O2/c1-25-18-10-7-16(8-11-18)20-19(24)12-9-17-14-23(22-21-17)13-15-5-3-2-4-6-15/h2-12,14H,13H2,1H3,(H,20,24)/b12-9+. The van der Waals surface area contributed by atoms with E-state index in [4.69, 9.17) is 4.74 Å². The molecule has 25 heavy (non-hydrogen) atoms. The number of anilines is 1. The van der Waals surface area contributed by atoms with E-state index in [0.29, 0.717) is 17.9 Å². The number of amides is 1. The van der Waals surface area contributed by atoms with Gasteiger partial charge in [0.1, 0.15) is 11.4 Å². The number of carbonyl (C=O) groups is 1. The Kier molecular flexibility index (Phi) is 5.21. The molecule has 1 N–H and O–H groups in total. The van der Waals surface area contributed by atoms with E-state index in [1.807, 2.05) is 30.3 Å². The minimum Gasteiger partial charge on any atom is -0.497 e. The van der Waals surface area contributed by atoms with Gasteiger partial charge in [-0.1, -0.05) is 35.5 Å². The van der Waals surface area contributed by atoms with Crippen molar-refractivity contribution >= 4 is 17.7 Å². The van der Waals surface area contributed by atoms with Gasteiger partial charge < -0.3 is 10.1 Å². The lowest BCUT2D eigenvalue weighted by Crippen LogP contribution is -2.07. The van der Waals surface area contributed by atoms with Gasteiger partial charge >= 0.3 is 0 Å². The summed E-state index contributed by atoms with van der Waals surface area (Å²) in [5.74, 6) is 0.506. The number of ether oxygens (including phenoxy) is 1. The van der Waals surface area contributed by atoms with Crippen molar-refractivity contribution in [2.45, 2.75) is 6.54 Å². The average molecular weight is 334 g/mol. The third kappa shape index (κ3) is 4.78. The van der Waals surface area contributed by atoms with Crippen LogP contribution in [0.3, 0.4) is 0 Å². The molecule has 3 aromatic rings. The number of carbonyl (C=O) groups excluding carboxylic acids is 1. The second-order valence-corrected chi connectivity index (χ2v) is 5.38. The Balaban J connectivity index is 1.57. The fraction of sp³-hybridized carbons (Fsp3) is 0.105. The van der Waals surface area contributed by atoms with Crippen molar-refractivity contribution in [3.8, 4) is 5.75 Å². The van der Waals surface area contributed by atoms with Crippen molar-refractivity contribution in [3.63, 3.8) is 0 Å². The monoisotopic (exact) mass is 334 g/mol. The molecule has 126 valence electrons. The maximum atomic E-state index is 12.0. The molecule has 0 aliphatic carbocycles. The Labute approximate surface area is 145 Å². The number of rotatable bonds is 6. The Bertz CT molecular complexity index is 855. The molecule has 0 spiro atoms. The summed E-state index contributed by atoms with van der Waals surface area (Å²) in [5, 5.41) is 10.9. The summed E-state index contributed by atoms with van der Waals surface area (Å²) < 4.78 is 6.81. The number of nitrogens with zero attached hydrogens (tertiary/aromatic N) is 3. The first-order valence-electron chi connectivity index (χ1n) is 7.80. The number of methoxy groups -OCH3 is 1. The van der Waals surface area contributed by atoms with Gasteiger partial charge in [0.25, 0.3) is 0 Å². The summed E-state index contributed by atoms with van der Waals surface area (Å²) >= 11 is 0. The summed E-state index contributed by atoms with van der Waals surface area (Å²) in [6.45, 7) is 0.639.